The summed E-state index contributed by atoms with van der Waals surface area (Å²) >= 11 is 1.60. The molecule has 0 saturated carbocycles. The summed E-state index contributed by atoms with van der Waals surface area (Å²) in [6.07, 6.45) is 6.18. The maximum atomic E-state index is 12.3. The van der Waals surface area contributed by atoms with Gasteiger partial charge in [-0.05, 0) is 31.5 Å². The van der Waals surface area contributed by atoms with Crippen molar-refractivity contribution in [1.29, 1.82) is 0 Å². The fraction of sp³-hybridized carbons (Fsp3) is 0.375. The second kappa shape index (κ2) is 6.83. The van der Waals surface area contributed by atoms with Crippen LogP contribution in [0.3, 0.4) is 0 Å². The maximum absolute atomic E-state index is 12.3. The van der Waals surface area contributed by atoms with Crippen molar-refractivity contribution in [2.45, 2.75) is 31.7 Å². The van der Waals surface area contributed by atoms with Crippen LogP contribution in [0, 0.1) is 0 Å². The van der Waals surface area contributed by atoms with Gasteiger partial charge in [-0.2, -0.15) is 0 Å². The summed E-state index contributed by atoms with van der Waals surface area (Å²) in [5.41, 5.74) is 1.87. The number of carbonyl (C=O) groups is 1. The van der Waals surface area contributed by atoms with Crippen LogP contribution in [0.5, 0.6) is 0 Å². The Hall–Kier alpha value is -1.72. The summed E-state index contributed by atoms with van der Waals surface area (Å²) < 4.78 is 0. The van der Waals surface area contributed by atoms with E-state index in [1.165, 1.54) is 6.42 Å². The first-order valence-electron chi connectivity index (χ1n) is 7.37. The van der Waals surface area contributed by atoms with E-state index in [2.05, 4.69) is 15.6 Å². The molecule has 0 bridgehead atoms. The highest BCUT2D eigenvalue weighted by Crippen LogP contribution is 2.24. The zero-order chi connectivity index (χ0) is 14.5. The molecule has 4 nitrogen and oxygen atoms in total. The first-order chi connectivity index (χ1) is 10.3. The van der Waals surface area contributed by atoms with Gasteiger partial charge in [0.1, 0.15) is 5.01 Å². The molecular formula is C16H19N3OS. The Morgan fingerprint density at radius 2 is 2.29 bits per heavy atom. The Morgan fingerprint density at radius 1 is 1.33 bits per heavy atom. The molecule has 1 atom stereocenters. The summed E-state index contributed by atoms with van der Waals surface area (Å²) in [7, 11) is 0. The molecule has 21 heavy (non-hydrogen) atoms. The molecule has 2 heterocycles. The number of nitrogens with one attached hydrogen (secondary N) is 2. The third-order valence-electron chi connectivity index (χ3n) is 3.69. The standard InChI is InChI=1S/C16H19N3OS/c20-15(14-7-2-1-3-8-17-14)19-13-6-4-5-12(11-13)16-18-9-10-21-16/h4-6,9-11,14,17H,1-3,7-8H2,(H,19,20). The molecular weight excluding hydrogens is 282 g/mol. The van der Waals surface area contributed by atoms with Gasteiger partial charge in [0.25, 0.3) is 0 Å². The summed E-state index contributed by atoms with van der Waals surface area (Å²) in [6, 6.07) is 7.79. The number of anilines is 1. The fourth-order valence-corrected chi connectivity index (χ4v) is 3.21. The van der Waals surface area contributed by atoms with Crippen molar-refractivity contribution in [3.05, 3.63) is 35.8 Å². The van der Waals surface area contributed by atoms with E-state index in [-0.39, 0.29) is 11.9 Å². The molecule has 1 unspecified atom stereocenters. The van der Waals surface area contributed by atoms with Crippen molar-refractivity contribution in [3.8, 4) is 10.6 Å². The third kappa shape index (κ3) is 3.68. The zero-order valence-electron chi connectivity index (χ0n) is 11.8. The van der Waals surface area contributed by atoms with Crippen molar-refractivity contribution in [2.75, 3.05) is 11.9 Å². The van der Waals surface area contributed by atoms with Crippen LogP contribution in [-0.4, -0.2) is 23.5 Å². The average molecular weight is 301 g/mol. The van der Waals surface area contributed by atoms with Crippen LogP contribution in [-0.2, 0) is 4.79 Å². The summed E-state index contributed by atoms with van der Waals surface area (Å²) in [5, 5.41) is 9.26. The molecule has 1 fully saturated rings. The highest BCUT2D eigenvalue weighted by Gasteiger charge is 2.19. The molecule has 2 aromatic rings. The molecule has 110 valence electrons. The van der Waals surface area contributed by atoms with Gasteiger partial charge in [-0.3, -0.25) is 4.79 Å². The lowest BCUT2D eigenvalue weighted by atomic mass is 10.1. The van der Waals surface area contributed by atoms with Crippen LogP contribution in [0.2, 0.25) is 0 Å². The molecule has 2 N–H and O–H groups in total. The Labute approximate surface area is 128 Å². The van der Waals surface area contributed by atoms with E-state index in [4.69, 9.17) is 0 Å². The quantitative estimate of drug-likeness (QED) is 0.914. The van der Waals surface area contributed by atoms with Gasteiger partial charge < -0.3 is 10.6 Å². The molecule has 0 spiro atoms. The van der Waals surface area contributed by atoms with Crippen molar-refractivity contribution in [1.82, 2.24) is 10.3 Å². The van der Waals surface area contributed by atoms with Gasteiger partial charge in [0.2, 0.25) is 5.91 Å². The number of aromatic nitrogens is 1. The van der Waals surface area contributed by atoms with E-state index >= 15 is 0 Å². The molecule has 3 rings (SSSR count). The zero-order valence-corrected chi connectivity index (χ0v) is 12.7. The van der Waals surface area contributed by atoms with E-state index < -0.39 is 0 Å². The number of carbonyl (C=O) groups excluding carboxylic acids is 1. The molecule has 1 aliphatic rings. The largest absolute Gasteiger partial charge is 0.325 e. The number of thiazole rings is 1. The molecule has 0 radical (unpaired) electrons. The van der Waals surface area contributed by atoms with Gasteiger partial charge in [0, 0.05) is 22.8 Å². The molecule has 1 amide bonds. The van der Waals surface area contributed by atoms with Crippen LogP contribution in [0.15, 0.2) is 35.8 Å². The van der Waals surface area contributed by atoms with Crippen LogP contribution >= 0.6 is 11.3 Å². The number of hydrogen-bond donors (Lipinski definition) is 2. The molecule has 1 saturated heterocycles. The number of benzene rings is 1. The van der Waals surface area contributed by atoms with Crippen molar-refractivity contribution < 1.29 is 4.79 Å². The second-order valence-corrected chi connectivity index (χ2v) is 6.16. The normalized spacial score (nSPS) is 19.0. The minimum absolute atomic E-state index is 0.0631. The fourth-order valence-electron chi connectivity index (χ4n) is 2.58. The number of rotatable bonds is 3. The number of nitrogens with zero attached hydrogens (tertiary/aromatic N) is 1. The SMILES string of the molecule is O=C(Nc1cccc(-c2nccs2)c1)C1CCCCCN1. The van der Waals surface area contributed by atoms with Crippen molar-refractivity contribution >= 4 is 22.9 Å². The monoisotopic (exact) mass is 301 g/mol. The number of amides is 1. The second-order valence-electron chi connectivity index (χ2n) is 5.26. The number of hydrogen-bond acceptors (Lipinski definition) is 4. The molecule has 1 aromatic heterocycles. The van der Waals surface area contributed by atoms with Crippen LogP contribution in [0.25, 0.3) is 10.6 Å². The first-order valence-corrected chi connectivity index (χ1v) is 8.25. The van der Waals surface area contributed by atoms with E-state index in [9.17, 15) is 4.79 Å². The predicted octanol–water partition coefficient (Wildman–Crippen LogP) is 3.28. The van der Waals surface area contributed by atoms with Gasteiger partial charge in [-0.1, -0.05) is 25.0 Å². The van der Waals surface area contributed by atoms with Gasteiger partial charge >= 0.3 is 0 Å². The summed E-state index contributed by atoms with van der Waals surface area (Å²) in [4.78, 5) is 16.6. The smallest absolute Gasteiger partial charge is 0.241 e. The van der Waals surface area contributed by atoms with Crippen molar-refractivity contribution in [2.24, 2.45) is 0 Å². The van der Waals surface area contributed by atoms with E-state index in [0.29, 0.717) is 0 Å². The van der Waals surface area contributed by atoms with Gasteiger partial charge in [0.05, 0.1) is 6.04 Å². The highest BCUT2D eigenvalue weighted by molar-refractivity contribution is 7.13. The van der Waals surface area contributed by atoms with E-state index in [1.807, 2.05) is 29.6 Å². The minimum atomic E-state index is -0.0731. The van der Waals surface area contributed by atoms with Gasteiger partial charge in [-0.25, -0.2) is 4.98 Å². The highest BCUT2D eigenvalue weighted by atomic mass is 32.1. The van der Waals surface area contributed by atoms with Crippen LogP contribution < -0.4 is 10.6 Å². The lowest BCUT2D eigenvalue weighted by Gasteiger charge is -2.15. The van der Waals surface area contributed by atoms with E-state index in [1.54, 1.807) is 17.5 Å². The Morgan fingerprint density at radius 3 is 3.14 bits per heavy atom. The third-order valence-corrected chi connectivity index (χ3v) is 4.51. The molecule has 1 aromatic carbocycles. The molecule has 1 aliphatic heterocycles. The van der Waals surface area contributed by atoms with Gasteiger partial charge in [-0.15, -0.1) is 11.3 Å². The van der Waals surface area contributed by atoms with E-state index in [0.717, 1.165) is 42.1 Å². The van der Waals surface area contributed by atoms with Crippen LogP contribution in [0.1, 0.15) is 25.7 Å². The van der Waals surface area contributed by atoms with Gasteiger partial charge in [0.15, 0.2) is 0 Å². The predicted molar refractivity (Wildman–Crippen MR) is 86.4 cm³/mol. The molecule has 0 aliphatic carbocycles. The first kappa shape index (κ1) is 14.2. The lowest BCUT2D eigenvalue weighted by molar-refractivity contribution is -0.118. The minimum Gasteiger partial charge on any atom is -0.325 e. The molecule has 5 heteroatoms. The Balaban J connectivity index is 1.69. The summed E-state index contributed by atoms with van der Waals surface area (Å²) in [6.45, 7) is 0.928. The Kier molecular flexibility index (Phi) is 4.62. The van der Waals surface area contributed by atoms with Crippen LogP contribution in [0.4, 0.5) is 5.69 Å². The lowest BCUT2D eigenvalue weighted by Crippen LogP contribution is -2.39. The maximum Gasteiger partial charge on any atom is 0.241 e. The average Bonchev–Trinajstić information content (AvgIpc) is 2.90. The summed E-state index contributed by atoms with van der Waals surface area (Å²) in [5.74, 6) is 0.0631. The van der Waals surface area contributed by atoms with Crippen molar-refractivity contribution in [3.63, 3.8) is 0 Å². The Bertz CT molecular complexity index is 589. The topological polar surface area (TPSA) is 54.0 Å².